The molecule has 0 amide bonds. The number of nitrogens with one attached hydrogen (secondary N) is 1. The molecule has 1 N–H and O–H groups in total. The molecule has 2 rings (SSSR count). The Bertz CT molecular complexity index is 604. The second-order valence-corrected chi connectivity index (χ2v) is 5.74. The van der Waals surface area contributed by atoms with Gasteiger partial charge in [0.25, 0.3) is 9.05 Å². The number of benzene rings is 1. The van der Waals surface area contributed by atoms with E-state index in [4.69, 9.17) is 10.7 Å². The molecule has 0 spiro atoms. The predicted molar refractivity (Wildman–Crippen MR) is 58.5 cm³/mol. The Morgan fingerprint density at radius 3 is 2.80 bits per heavy atom. The van der Waals surface area contributed by atoms with Gasteiger partial charge in [-0.2, -0.15) is 5.10 Å². The maximum atomic E-state index is 11.1. The number of aromatic amines is 1. The van der Waals surface area contributed by atoms with Gasteiger partial charge in [0.05, 0.1) is 10.4 Å². The van der Waals surface area contributed by atoms with E-state index in [-0.39, 0.29) is 4.90 Å². The summed E-state index contributed by atoms with van der Waals surface area (Å²) in [6.07, 6.45) is 0.823. The summed E-state index contributed by atoms with van der Waals surface area (Å²) in [6, 6.07) is 4.67. The summed E-state index contributed by atoms with van der Waals surface area (Å²) in [5.41, 5.74) is 1.61. The van der Waals surface area contributed by atoms with Crippen LogP contribution < -0.4 is 0 Å². The van der Waals surface area contributed by atoms with Gasteiger partial charge in [-0.05, 0) is 24.6 Å². The van der Waals surface area contributed by atoms with Gasteiger partial charge in [0.15, 0.2) is 0 Å². The van der Waals surface area contributed by atoms with Gasteiger partial charge in [-0.25, -0.2) is 8.42 Å². The van der Waals surface area contributed by atoms with Gasteiger partial charge in [0, 0.05) is 21.8 Å². The molecule has 0 radical (unpaired) electrons. The van der Waals surface area contributed by atoms with Crippen molar-refractivity contribution in [2.24, 2.45) is 0 Å². The Kier molecular flexibility index (Phi) is 2.44. The van der Waals surface area contributed by atoms with E-state index in [1.807, 2.05) is 6.92 Å². The lowest BCUT2D eigenvalue weighted by atomic mass is 10.2. The Morgan fingerprint density at radius 2 is 2.20 bits per heavy atom. The van der Waals surface area contributed by atoms with Gasteiger partial charge >= 0.3 is 0 Å². The number of aromatic nitrogens is 2. The molecule has 6 heteroatoms. The lowest BCUT2D eigenvalue weighted by molar-refractivity contribution is 0.609. The van der Waals surface area contributed by atoms with Gasteiger partial charge in [0.2, 0.25) is 0 Å². The summed E-state index contributed by atoms with van der Waals surface area (Å²) in [7, 11) is 1.56. The van der Waals surface area contributed by atoms with E-state index in [0.717, 1.165) is 17.5 Å². The molecule has 0 aliphatic heterocycles. The smallest absolute Gasteiger partial charge is 0.261 e. The number of hydrogen-bond donors (Lipinski definition) is 1. The summed E-state index contributed by atoms with van der Waals surface area (Å²) in [5, 5.41) is 7.80. The van der Waals surface area contributed by atoms with Crippen LogP contribution in [0.25, 0.3) is 10.9 Å². The normalized spacial score (nSPS) is 12.1. The highest BCUT2D eigenvalue weighted by molar-refractivity contribution is 8.13. The van der Waals surface area contributed by atoms with E-state index >= 15 is 0 Å². The van der Waals surface area contributed by atoms with Gasteiger partial charge in [0.1, 0.15) is 0 Å². The first-order valence-corrected chi connectivity index (χ1v) is 6.75. The summed E-state index contributed by atoms with van der Waals surface area (Å²) in [6.45, 7) is 2.00. The monoisotopic (exact) mass is 244 g/mol. The molecule has 2 aromatic rings. The quantitative estimate of drug-likeness (QED) is 0.823. The lowest BCUT2D eigenvalue weighted by Gasteiger charge is -1.96. The molecule has 0 saturated heterocycles. The first-order chi connectivity index (χ1) is 7.02. The number of nitrogens with zero attached hydrogens (tertiary/aromatic N) is 1. The van der Waals surface area contributed by atoms with Crippen LogP contribution in [0.4, 0.5) is 0 Å². The van der Waals surface area contributed by atoms with E-state index in [2.05, 4.69) is 10.2 Å². The molecule has 1 heterocycles. The highest BCUT2D eigenvalue weighted by atomic mass is 35.7. The molecule has 0 fully saturated rings. The van der Waals surface area contributed by atoms with Crippen LogP contribution in [-0.2, 0) is 15.5 Å². The summed E-state index contributed by atoms with van der Waals surface area (Å²) < 4.78 is 22.2. The molecular formula is C9H9ClN2O2S. The molecule has 0 aliphatic rings. The fourth-order valence-corrected chi connectivity index (χ4v) is 2.24. The molecule has 80 valence electrons. The maximum absolute atomic E-state index is 11.1. The van der Waals surface area contributed by atoms with Gasteiger partial charge in [-0.15, -0.1) is 0 Å². The second kappa shape index (κ2) is 3.50. The molecule has 1 aromatic carbocycles. The molecular weight excluding hydrogens is 236 g/mol. The largest absolute Gasteiger partial charge is 0.281 e. The minimum absolute atomic E-state index is 0.0748. The third kappa shape index (κ3) is 1.85. The van der Waals surface area contributed by atoms with Crippen molar-refractivity contribution in [1.29, 1.82) is 0 Å². The van der Waals surface area contributed by atoms with E-state index in [0.29, 0.717) is 5.52 Å². The van der Waals surface area contributed by atoms with Crippen LogP contribution in [0.15, 0.2) is 23.1 Å². The standard InChI is InChI=1S/C9H9ClN2O2S/c1-2-8-7-4-3-6(15(10,13)14)5-9(7)12-11-8/h3-5H,2H2,1H3,(H,11,12). The van der Waals surface area contributed by atoms with Crippen molar-refractivity contribution in [2.45, 2.75) is 18.2 Å². The first kappa shape index (κ1) is 10.4. The third-order valence-electron chi connectivity index (χ3n) is 2.24. The van der Waals surface area contributed by atoms with Gasteiger partial charge in [-0.3, -0.25) is 5.10 Å². The molecule has 0 aliphatic carbocycles. The van der Waals surface area contributed by atoms with E-state index in [9.17, 15) is 8.42 Å². The van der Waals surface area contributed by atoms with Crippen LogP contribution in [0.2, 0.25) is 0 Å². The van der Waals surface area contributed by atoms with Crippen molar-refractivity contribution in [3.63, 3.8) is 0 Å². The SMILES string of the molecule is CCc1[nH]nc2cc(S(=O)(=O)Cl)ccc12. The fourth-order valence-electron chi connectivity index (χ4n) is 1.47. The Hall–Kier alpha value is -1.07. The van der Waals surface area contributed by atoms with Crippen molar-refractivity contribution < 1.29 is 8.42 Å². The average Bonchev–Trinajstić information content (AvgIpc) is 2.58. The van der Waals surface area contributed by atoms with Gasteiger partial charge < -0.3 is 0 Å². The fraction of sp³-hybridized carbons (Fsp3) is 0.222. The predicted octanol–water partition coefficient (Wildman–Crippen LogP) is 2.05. The molecule has 0 atom stereocenters. The Morgan fingerprint density at radius 1 is 1.47 bits per heavy atom. The lowest BCUT2D eigenvalue weighted by Crippen LogP contribution is -1.89. The van der Waals surface area contributed by atoms with E-state index in [1.165, 1.54) is 12.1 Å². The minimum atomic E-state index is -3.67. The van der Waals surface area contributed by atoms with Crippen LogP contribution in [0, 0.1) is 0 Å². The molecule has 1 aromatic heterocycles. The Labute approximate surface area is 91.7 Å². The van der Waals surface area contributed by atoms with Crippen LogP contribution in [-0.4, -0.2) is 18.6 Å². The number of rotatable bonds is 2. The van der Waals surface area contributed by atoms with E-state index < -0.39 is 9.05 Å². The highest BCUT2D eigenvalue weighted by Crippen LogP contribution is 2.22. The van der Waals surface area contributed by atoms with Crippen LogP contribution in [0.5, 0.6) is 0 Å². The van der Waals surface area contributed by atoms with Crippen molar-refractivity contribution in [1.82, 2.24) is 10.2 Å². The van der Waals surface area contributed by atoms with Crippen LogP contribution in [0.1, 0.15) is 12.6 Å². The number of hydrogen-bond acceptors (Lipinski definition) is 3. The topological polar surface area (TPSA) is 62.8 Å². The summed E-state index contributed by atoms with van der Waals surface area (Å²) >= 11 is 0. The van der Waals surface area contributed by atoms with Crippen LogP contribution in [0.3, 0.4) is 0 Å². The molecule has 4 nitrogen and oxygen atoms in total. The number of H-pyrrole nitrogens is 1. The zero-order valence-corrected chi connectivity index (χ0v) is 9.56. The zero-order chi connectivity index (χ0) is 11.1. The van der Waals surface area contributed by atoms with E-state index in [1.54, 1.807) is 6.07 Å². The molecule has 0 unspecified atom stereocenters. The molecule has 0 saturated carbocycles. The average molecular weight is 245 g/mol. The zero-order valence-electron chi connectivity index (χ0n) is 7.99. The van der Waals surface area contributed by atoms with Crippen molar-refractivity contribution in [3.8, 4) is 0 Å². The summed E-state index contributed by atoms with van der Waals surface area (Å²) in [4.78, 5) is 0.0748. The molecule has 15 heavy (non-hydrogen) atoms. The first-order valence-electron chi connectivity index (χ1n) is 4.44. The van der Waals surface area contributed by atoms with Crippen molar-refractivity contribution in [3.05, 3.63) is 23.9 Å². The number of fused-ring (bicyclic) bond motifs is 1. The summed E-state index contributed by atoms with van der Waals surface area (Å²) in [5.74, 6) is 0. The molecule has 0 bridgehead atoms. The number of aryl methyl sites for hydroxylation is 1. The minimum Gasteiger partial charge on any atom is -0.281 e. The van der Waals surface area contributed by atoms with Gasteiger partial charge in [-0.1, -0.05) is 6.92 Å². The highest BCUT2D eigenvalue weighted by Gasteiger charge is 2.12. The van der Waals surface area contributed by atoms with Crippen molar-refractivity contribution >= 4 is 30.6 Å². The number of halogens is 1. The van der Waals surface area contributed by atoms with Crippen LogP contribution >= 0.6 is 10.7 Å². The maximum Gasteiger partial charge on any atom is 0.261 e. The second-order valence-electron chi connectivity index (χ2n) is 3.17. The third-order valence-corrected chi connectivity index (χ3v) is 3.59. The Balaban J connectivity index is 2.69. The van der Waals surface area contributed by atoms with Crippen molar-refractivity contribution in [2.75, 3.05) is 0 Å².